The summed E-state index contributed by atoms with van der Waals surface area (Å²) in [7, 11) is 0. The average Bonchev–Trinajstić information content (AvgIpc) is 2.76. The Kier molecular flexibility index (Phi) is 14.8. The number of carbonyl (C=O) groups excluding carboxylic acids is 1. The van der Waals surface area contributed by atoms with Gasteiger partial charge >= 0.3 is 5.97 Å². The van der Waals surface area contributed by atoms with Crippen molar-refractivity contribution < 1.29 is 9.53 Å². The van der Waals surface area contributed by atoms with Gasteiger partial charge < -0.3 is 9.30 Å². The molecular weight excluding hydrogens is 410 g/mol. The summed E-state index contributed by atoms with van der Waals surface area (Å²) in [6.07, 6.45) is 26.0. The molecule has 0 spiro atoms. The van der Waals surface area contributed by atoms with Crippen molar-refractivity contribution in [3.8, 4) is 5.75 Å². The first-order valence-electron chi connectivity index (χ1n) is 13.4. The number of aromatic nitrogens is 1. The lowest BCUT2D eigenvalue weighted by molar-refractivity contribution is -0.143. The molecule has 0 amide bonds. The number of hydrogen-bond donors (Lipinski definition) is 0. The second-order valence-corrected chi connectivity index (χ2v) is 10.4. The molecule has 0 saturated heterocycles. The predicted octanol–water partition coefficient (Wildman–Crippen LogP) is 8.45. The van der Waals surface area contributed by atoms with Crippen LogP contribution in [0.15, 0.2) is 23.1 Å². The zero-order valence-electron chi connectivity index (χ0n) is 22.1. The van der Waals surface area contributed by atoms with Gasteiger partial charge in [-0.1, -0.05) is 96.5 Å². The first kappa shape index (κ1) is 29.2. The average molecular weight is 460 g/mol. The zero-order valence-corrected chi connectivity index (χ0v) is 22.1. The van der Waals surface area contributed by atoms with Crippen LogP contribution in [0, 0.1) is 12.3 Å². The second-order valence-electron chi connectivity index (χ2n) is 10.4. The molecule has 1 rings (SSSR count). The van der Waals surface area contributed by atoms with Crippen molar-refractivity contribution in [3.63, 3.8) is 0 Å². The van der Waals surface area contributed by atoms with Crippen LogP contribution >= 0.6 is 0 Å². The summed E-state index contributed by atoms with van der Waals surface area (Å²) in [5.74, 6) is -0.273. The van der Waals surface area contributed by atoms with Crippen molar-refractivity contribution in [1.29, 1.82) is 0 Å². The highest BCUT2D eigenvalue weighted by Gasteiger charge is 2.25. The molecule has 4 heteroatoms. The van der Waals surface area contributed by atoms with E-state index < -0.39 is 11.4 Å². The van der Waals surface area contributed by atoms with Crippen LogP contribution in [0.4, 0.5) is 0 Å². The van der Waals surface area contributed by atoms with Crippen LogP contribution in [-0.2, 0) is 4.79 Å². The minimum Gasteiger partial charge on any atom is -0.420 e. The maximum absolute atomic E-state index is 12.2. The number of esters is 1. The number of allylic oxidation sites excluding steroid dienone is 1. The summed E-state index contributed by atoms with van der Waals surface area (Å²) >= 11 is 0. The smallest absolute Gasteiger partial charge is 0.316 e. The van der Waals surface area contributed by atoms with Crippen LogP contribution in [0.3, 0.4) is 0 Å². The number of unbranched alkanes of at least 4 members (excludes halogenated alkanes) is 14. The highest BCUT2D eigenvalue weighted by atomic mass is 16.5. The van der Waals surface area contributed by atoms with Crippen molar-refractivity contribution in [3.05, 3.63) is 34.3 Å². The van der Waals surface area contributed by atoms with Crippen LogP contribution in [0.2, 0.25) is 0 Å². The number of nitrogens with zero attached hydrogens (tertiary/aromatic N) is 1. The molecule has 1 heterocycles. The maximum Gasteiger partial charge on any atom is 0.316 e. The zero-order chi connectivity index (χ0) is 24.5. The van der Waals surface area contributed by atoms with Gasteiger partial charge in [-0.25, -0.2) is 0 Å². The summed E-state index contributed by atoms with van der Waals surface area (Å²) in [6, 6.07) is 1.45. The third kappa shape index (κ3) is 12.8. The van der Waals surface area contributed by atoms with Crippen LogP contribution in [-0.4, -0.2) is 10.5 Å². The van der Waals surface area contributed by atoms with Gasteiger partial charge in [0, 0.05) is 18.5 Å². The fourth-order valence-corrected chi connectivity index (χ4v) is 3.81. The Balaban J connectivity index is 2.19. The van der Waals surface area contributed by atoms with E-state index >= 15 is 0 Å². The van der Waals surface area contributed by atoms with Gasteiger partial charge in [0.25, 0.3) is 0 Å². The van der Waals surface area contributed by atoms with E-state index in [1.807, 2.05) is 17.7 Å². The van der Waals surface area contributed by atoms with E-state index in [0.29, 0.717) is 5.69 Å². The second kappa shape index (κ2) is 16.7. The van der Waals surface area contributed by atoms with Gasteiger partial charge in [0.1, 0.15) is 0 Å². The molecule has 33 heavy (non-hydrogen) atoms. The summed E-state index contributed by atoms with van der Waals surface area (Å²) in [5, 5.41) is 0. The molecule has 0 aliphatic carbocycles. The predicted molar refractivity (Wildman–Crippen MR) is 141 cm³/mol. The van der Waals surface area contributed by atoms with Gasteiger partial charge in [0.15, 0.2) is 5.75 Å². The van der Waals surface area contributed by atoms with Crippen molar-refractivity contribution in [2.45, 2.75) is 131 Å². The van der Waals surface area contributed by atoms with Crippen molar-refractivity contribution in [1.82, 2.24) is 4.57 Å². The van der Waals surface area contributed by atoms with Gasteiger partial charge in [-0.2, -0.15) is 0 Å². The Morgan fingerprint density at radius 1 is 0.879 bits per heavy atom. The van der Waals surface area contributed by atoms with E-state index in [4.69, 9.17) is 4.74 Å². The van der Waals surface area contributed by atoms with Crippen LogP contribution in [0.25, 0.3) is 6.20 Å². The Hall–Kier alpha value is -1.84. The number of pyridine rings is 1. The maximum atomic E-state index is 12.2. The first-order valence-corrected chi connectivity index (χ1v) is 13.4. The lowest BCUT2D eigenvalue weighted by Crippen LogP contribution is -2.28. The molecule has 1 aromatic rings. The monoisotopic (exact) mass is 459 g/mol. The molecule has 0 bridgehead atoms. The molecule has 0 N–H and O–H groups in total. The quantitative estimate of drug-likeness (QED) is 0.173. The molecule has 188 valence electrons. The van der Waals surface area contributed by atoms with Gasteiger partial charge in [-0.15, -0.1) is 0 Å². The highest BCUT2D eigenvalue weighted by molar-refractivity contribution is 5.78. The number of carbonyl (C=O) groups is 1. The van der Waals surface area contributed by atoms with Crippen molar-refractivity contribution in [2.24, 2.45) is 5.41 Å². The van der Waals surface area contributed by atoms with E-state index in [-0.39, 0.29) is 11.2 Å². The van der Waals surface area contributed by atoms with Crippen LogP contribution in [0.5, 0.6) is 5.75 Å². The van der Waals surface area contributed by atoms with E-state index in [2.05, 4.69) is 13.0 Å². The summed E-state index contributed by atoms with van der Waals surface area (Å²) in [5.41, 5.74) is -0.262. The Morgan fingerprint density at radius 2 is 1.36 bits per heavy atom. The lowest BCUT2D eigenvalue weighted by atomic mass is 9.97. The Labute approximate surface area is 202 Å². The topological polar surface area (TPSA) is 48.3 Å². The molecule has 0 fully saturated rings. The van der Waals surface area contributed by atoms with Gasteiger partial charge in [0.2, 0.25) is 5.43 Å². The van der Waals surface area contributed by atoms with Gasteiger partial charge in [0.05, 0.1) is 11.1 Å². The molecule has 0 atom stereocenters. The largest absolute Gasteiger partial charge is 0.420 e. The number of ether oxygens (including phenoxy) is 1. The standard InChI is InChI=1S/C29H49NO3/c1-6-7-8-9-10-11-12-13-14-15-16-17-18-19-20-21-23-30-24-22-26(31)27(25(30)2)33-28(32)29(3,4)5/h21-24H,6-20H2,1-5H3. The minimum atomic E-state index is -0.650. The van der Waals surface area contributed by atoms with Crippen LogP contribution in [0.1, 0.15) is 130 Å². The molecule has 1 aromatic heterocycles. The Morgan fingerprint density at radius 3 is 1.85 bits per heavy atom. The minimum absolute atomic E-state index is 0.124. The van der Waals surface area contributed by atoms with E-state index in [1.54, 1.807) is 27.0 Å². The van der Waals surface area contributed by atoms with Crippen LogP contribution < -0.4 is 10.2 Å². The third-order valence-corrected chi connectivity index (χ3v) is 6.12. The molecule has 0 aliphatic heterocycles. The molecular formula is C29H49NO3. The van der Waals surface area contributed by atoms with Crippen molar-refractivity contribution >= 4 is 12.2 Å². The Bertz CT molecular complexity index is 755. The lowest BCUT2D eigenvalue weighted by Gasteiger charge is -2.17. The molecule has 4 nitrogen and oxygen atoms in total. The number of hydrogen-bond acceptors (Lipinski definition) is 3. The summed E-state index contributed by atoms with van der Waals surface area (Å²) < 4.78 is 7.27. The third-order valence-electron chi connectivity index (χ3n) is 6.12. The SMILES string of the molecule is CCCCCCCCCCCCCCCCC=Cn1ccc(=O)c(OC(=O)C(C)(C)C)c1C. The normalized spacial score (nSPS) is 11.9. The highest BCUT2D eigenvalue weighted by Crippen LogP contribution is 2.20. The molecule has 0 aliphatic rings. The fourth-order valence-electron chi connectivity index (χ4n) is 3.81. The molecule has 0 unspecified atom stereocenters. The van der Waals surface area contributed by atoms with E-state index in [0.717, 1.165) is 6.42 Å². The van der Waals surface area contributed by atoms with Gasteiger partial charge in [-0.05, 0) is 40.5 Å². The molecule has 0 aromatic carbocycles. The molecule has 0 saturated carbocycles. The fraction of sp³-hybridized carbons (Fsp3) is 0.724. The summed E-state index contributed by atoms with van der Waals surface area (Å²) in [4.78, 5) is 24.3. The molecule has 0 radical (unpaired) electrons. The van der Waals surface area contributed by atoms with Gasteiger partial charge in [-0.3, -0.25) is 9.59 Å². The van der Waals surface area contributed by atoms with E-state index in [9.17, 15) is 9.59 Å². The van der Waals surface area contributed by atoms with E-state index in [1.165, 1.54) is 96.0 Å². The summed E-state index contributed by atoms with van der Waals surface area (Å²) in [6.45, 7) is 9.42. The van der Waals surface area contributed by atoms with Crippen molar-refractivity contribution in [2.75, 3.05) is 0 Å². The first-order chi connectivity index (χ1) is 15.8. The number of rotatable bonds is 17.